The normalized spacial score (nSPS) is 24.7. The van der Waals surface area contributed by atoms with E-state index in [9.17, 15) is 0 Å². The van der Waals surface area contributed by atoms with Crippen molar-refractivity contribution in [3.63, 3.8) is 0 Å². The molecular weight excluding hydrogens is 320 g/mol. The van der Waals surface area contributed by atoms with Crippen LogP contribution in [0.25, 0.3) is 16.3 Å². The molecule has 5 rings (SSSR count). The monoisotopic (exact) mass is 344 g/mol. The number of rotatable bonds is 1. The molecule has 0 nitrogen and oxygen atoms in total. The Bertz CT molecular complexity index is 958. The molecule has 1 heteroatoms. The molecule has 0 bridgehead atoms. The van der Waals surface area contributed by atoms with Gasteiger partial charge in [0.2, 0.25) is 0 Å². The Labute approximate surface area is 154 Å². The van der Waals surface area contributed by atoms with Crippen LogP contribution in [0, 0.1) is 12.8 Å². The summed E-state index contributed by atoms with van der Waals surface area (Å²) in [6, 6.07) is 9.53. The standard InChI is InChI=1S/C24H24S/c1-15-7-8-21-22(24(15)17-11-12-25-14-17)10-9-20-19-6-4-3-5-18(19)16(2)13-23(20)21/h4,6-12,16-17H,3,5,13-14H2,1-2H3. The molecule has 0 N–H and O–H groups in total. The zero-order chi connectivity index (χ0) is 17.0. The number of benzene rings is 2. The minimum atomic E-state index is 0.567. The molecular formula is C24H24S. The summed E-state index contributed by atoms with van der Waals surface area (Å²) in [5.74, 6) is 2.42. The summed E-state index contributed by atoms with van der Waals surface area (Å²) in [7, 11) is 0. The third-order valence-corrected chi connectivity index (χ3v) is 7.13. The van der Waals surface area contributed by atoms with E-state index in [1.54, 1.807) is 16.7 Å². The summed E-state index contributed by atoms with van der Waals surface area (Å²) >= 11 is 1.94. The molecule has 0 aromatic heterocycles. The minimum Gasteiger partial charge on any atom is -0.133 e. The Morgan fingerprint density at radius 3 is 2.80 bits per heavy atom. The molecule has 0 saturated heterocycles. The van der Waals surface area contributed by atoms with Gasteiger partial charge >= 0.3 is 0 Å². The van der Waals surface area contributed by atoms with Crippen molar-refractivity contribution in [2.45, 2.75) is 39.0 Å². The maximum absolute atomic E-state index is 2.42. The van der Waals surface area contributed by atoms with Gasteiger partial charge in [0.05, 0.1) is 0 Å². The van der Waals surface area contributed by atoms with Gasteiger partial charge in [-0.15, -0.1) is 11.8 Å². The van der Waals surface area contributed by atoms with Crippen molar-refractivity contribution < 1.29 is 0 Å². The first-order chi connectivity index (χ1) is 12.2. The average Bonchev–Trinajstić information content (AvgIpc) is 3.15. The van der Waals surface area contributed by atoms with E-state index in [0.717, 1.165) is 0 Å². The van der Waals surface area contributed by atoms with Gasteiger partial charge in [-0.05, 0) is 76.1 Å². The molecule has 0 saturated carbocycles. The molecule has 2 unspecified atom stereocenters. The topological polar surface area (TPSA) is 0 Å². The van der Waals surface area contributed by atoms with E-state index in [1.165, 1.54) is 52.5 Å². The van der Waals surface area contributed by atoms with Crippen LogP contribution in [0.5, 0.6) is 0 Å². The highest BCUT2D eigenvalue weighted by molar-refractivity contribution is 8.02. The first-order valence-corrected chi connectivity index (χ1v) is 10.5. The summed E-state index contributed by atoms with van der Waals surface area (Å²) in [6.07, 6.45) is 10.8. The van der Waals surface area contributed by atoms with Crippen molar-refractivity contribution in [3.8, 4) is 0 Å². The molecule has 2 aromatic carbocycles. The van der Waals surface area contributed by atoms with Crippen LogP contribution >= 0.6 is 11.8 Å². The maximum atomic E-state index is 2.42. The van der Waals surface area contributed by atoms with Crippen molar-refractivity contribution in [2.24, 2.45) is 5.92 Å². The fraction of sp³-hybridized carbons (Fsp3) is 0.333. The Morgan fingerprint density at radius 2 is 1.96 bits per heavy atom. The lowest BCUT2D eigenvalue weighted by molar-refractivity contribution is 0.634. The van der Waals surface area contributed by atoms with Crippen LogP contribution in [0.1, 0.15) is 47.9 Å². The number of allylic oxidation sites excluding steroid dienone is 5. The second-order valence-electron chi connectivity index (χ2n) is 7.74. The summed E-state index contributed by atoms with van der Waals surface area (Å²) in [6.45, 7) is 4.69. The number of hydrogen-bond acceptors (Lipinski definition) is 1. The zero-order valence-electron chi connectivity index (χ0n) is 15.0. The zero-order valence-corrected chi connectivity index (χ0v) is 15.8. The van der Waals surface area contributed by atoms with Crippen molar-refractivity contribution in [1.29, 1.82) is 0 Å². The van der Waals surface area contributed by atoms with Gasteiger partial charge in [0.1, 0.15) is 0 Å². The van der Waals surface area contributed by atoms with Gasteiger partial charge < -0.3 is 0 Å². The van der Waals surface area contributed by atoms with Crippen LogP contribution < -0.4 is 0 Å². The lowest BCUT2D eigenvalue weighted by atomic mass is 9.74. The highest BCUT2D eigenvalue weighted by atomic mass is 32.2. The van der Waals surface area contributed by atoms with Gasteiger partial charge in [-0.3, -0.25) is 0 Å². The number of fused-ring (bicyclic) bond motifs is 4. The molecule has 0 amide bonds. The molecule has 0 radical (unpaired) electrons. The van der Waals surface area contributed by atoms with E-state index in [2.05, 4.69) is 61.7 Å². The van der Waals surface area contributed by atoms with Gasteiger partial charge in [0.15, 0.2) is 0 Å². The quantitative estimate of drug-likeness (QED) is 0.549. The number of hydrogen-bond donors (Lipinski definition) is 0. The van der Waals surface area contributed by atoms with Crippen LogP contribution in [-0.2, 0) is 6.42 Å². The van der Waals surface area contributed by atoms with E-state index in [1.807, 2.05) is 11.8 Å². The van der Waals surface area contributed by atoms with E-state index in [0.29, 0.717) is 11.8 Å². The highest BCUT2D eigenvalue weighted by Crippen LogP contribution is 2.44. The van der Waals surface area contributed by atoms with Crippen LogP contribution in [0.2, 0.25) is 0 Å². The van der Waals surface area contributed by atoms with Gasteiger partial charge in [-0.1, -0.05) is 55.0 Å². The molecule has 1 heterocycles. The molecule has 0 fully saturated rings. The first-order valence-electron chi connectivity index (χ1n) is 9.47. The Kier molecular flexibility index (Phi) is 3.67. The second-order valence-corrected chi connectivity index (χ2v) is 8.68. The smallest absolute Gasteiger partial charge is 0.0129 e. The largest absolute Gasteiger partial charge is 0.133 e. The van der Waals surface area contributed by atoms with E-state index < -0.39 is 0 Å². The summed E-state index contributed by atoms with van der Waals surface area (Å²) in [4.78, 5) is 0. The number of aryl methyl sites for hydroxylation is 1. The van der Waals surface area contributed by atoms with Crippen LogP contribution in [0.15, 0.2) is 53.5 Å². The molecule has 25 heavy (non-hydrogen) atoms. The molecule has 1 aliphatic heterocycles. The van der Waals surface area contributed by atoms with Crippen LogP contribution in [0.4, 0.5) is 0 Å². The van der Waals surface area contributed by atoms with Gasteiger partial charge in [0.25, 0.3) is 0 Å². The minimum absolute atomic E-state index is 0.567. The third-order valence-electron chi connectivity index (χ3n) is 6.23. The fourth-order valence-corrected chi connectivity index (χ4v) is 5.89. The van der Waals surface area contributed by atoms with E-state index >= 15 is 0 Å². The fourth-order valence-electron chi connectivity index (χ4n) is 5.00. The number of thioether (sulfide) groups is 1. The molecule has 0 spiro atoms. The van der Waals surface area contributed by atoms with E-state index in [-0.39, 0.29) is 0 Å². The maximum Gasteiger partial charge on any atom is 0.0129 e. The lowest BCUT2D eigenvalue weighted by Crippen LogP contribution is -2.15. The van der Waals surface area contributed by atoms with Crippen molar-refractivity contribution >= 4 is 28.1 Å². The third kappa shape index (κ3) is 2.36. The van der Waals surface area contributed by atoms with Crippen LogP contribution in [-0.4, -0.2) is 5.75 Å². The van der Waals surface area contributed by atoms with Crippen LogP contribution in [0.3, 0.4) is 0 Å². The van der Waals surface area contributed by atoms with Gasteiger partial charge in [0, 0.05) is 11.7 Å². The second kappa shape index (κ2) is 5.92. The van der Waals surface area contributed by atoms with Gasteiger partial charge in [-0.2, -0.15) is 0 Å². The summed E-state index contributed by atoms with van der Waals surface area (Å²) in [5.41, 5.74) is 9.24. The molecule has 2 atom stereocenters. The summed E-state index contributed by atoms with van der Waals surface area (Å²) in [5, 5.41) is 5.24. The van der Waals surface area contributed by atoms with Crippen molar-refractivity contribution in [3.05, 3.63) is 75.7 Å². The lowest BCUT2D eigenvalue weighted by Gasteiger charge is -2.31. The highest BCUT2D eigenvalue weighted by Gasteiger charge is 2.27. The van der Waals surface area contributed by atoms with E-state index in [4.69, 9.17) is 0 Å². The summed E-state index contributed by atoms with van der Waals surface area (Å²) < 4.78 is 0. The molecule has 3 aliphatic rings. The van der Waals surface area contributed by atoms with Crippen molar-refractivity contribution in [2.75, 3.05) is 5.75 Å². The Hall–Kier alpha value is -1.73. The SMILES string of the molecule is Cc1ccc2c3c(ccc2c1C1C=CSC1)C1=C(CCC=C1)C(C)C3. The Balaban J connectivity index is 1.77. The molecule has 126 valence electrons. The van der Waals surface area contributed by atoms with Crippen molar-refractivity contribution in [1.82, 2.24) is 0 Å². The molecule has 2 aromatic rings. The Morgan fingerprint density at radius 1 is 1.08 bits per heavy atom. The molecule has 2 aliphatic carbocycles. The predicted molar refractivity (Wildman–Crippen MR) is 111 cm³/mol. The van der Waals surface area contributed by atoms with Gasteiger partial charge in [-0.25, -0.2) is 0 Å². The average molecular weight is 345 g/mol. The predicted octanol–water partition coefficient (Wildman–Crippen LogP) is 6.79. The first kappa shape index (κ1) is 15.5.